The molecule has 6 nitrogen and oxygen atoms in total. The highest BCUT2D eigenvalue weighted by Gasteiger charge is 2.28. The molecule has 1 amide bonds. The first-order valence-corrected chi connectivity index (χ1v) is 9.12. The Balaban J connectivity index is 1.57. The summed E-state index contributed by atoms with van der Waals surface area (Å²) >= 11 is 0. The fraction of sp³-hybridized carbons (Fsp3) is 0.350. The van der Waals surface area contributed by atoms with Crippen molar-refractivity contribution in [3.63, 3.8) is 0 Å². The van der Waals surface area contributed by atoms with E-state index in [9.17, 15) is 4.79 Å². The van der Waals surface area contributed by atoms with Crippen LogP contribution in [0.15, 0.2) is 55.0 Å². The minimum Gasteiger partial charge on any atom is -0.334 e. The first-order chi connectivity index (χ1) is 12.7. The van der Waals surface area contributed by atoms with Crippen LogP contribution in [-0.2, 0) is 6.54 Å². The van der Waals surface area contributed by atoms with Gasteiger partial charge in [0.25, 0.3) is 5.91 Å². The van der Waals surface area contributed by atoms with Crippen molar-refractivity contribution in [2.45, 2.75) is 38.8 Å². The molecule has 3 aromatic rings. The lowest BCUT2D eigenvalue weighted by atomic mass is 10.0. The summed E-state index contributed by atoms with van der Waals surface area (Å²) in [5.41, 5.74) is 2.57. The Morgan fingerprint density at radius 1 is 1.19 bits per heavy atom. The van der Waals surface area contributed by atoms with Crippen LogP contribution >= 0.6 is 0 Å². The Morgan fingerprint density at radius 3 is 2.88 bits per heavy atom. The third-order valence-corrected chi connectivity index (χ3v) is 4.93. The Bertz CT molecular complexity index is 883. The normalized spacial score (nSPS) is 17.4. The lowest BCUT2D eigenvalue weighted by Crippen LogP contribution is -2.45. The monoisotopic (exact) mass is 349 g/mol. The van der Waals surface area contributed by atoms with Crippen molar-refractivity contribution in [2.24, 2.45) is 0 Å². The van der Waals surface area contributed by atoms with Crippen molar-refractivity contribution in [3.8, 4) is 5.69 Å². The van der Waals surface area contributed by atoms with Crippen LogP contribution in [0.4, 0.5) is 0 Å². The van der Waals surface area contributed by atoms with Gasteiger partial charge in [0.2, 0.25) is 0 Å². The van der Waals surface area contributed by atoms with Gasteiger partial charge in [-0.05, 0) is 56.5 Å². The van der Waals surface area contributed by atoms with E-state index in [0.717, 1.165) is 43.7 Å². The van der Waals surface area contributed by atoms with Crippen LogP contribution in [0.5, 0.6) is 0 Å². The molecule has 1 aliphatic heterocycles. The molecule has 1 aliphatic rings. The summed E-state index contributed by atoms with van der Waals surface area (Å²) in [6, 6.07) is 11.8. The second-order valence-corrected chi connectivity index (χ2v) is 6.83. The number of piperidine rings is 1. The molecule has 6 heteroatoms. The van der Waals surface area contributed by atoms with Crippen molar-refractivity contribution in [1.82, 2.24) is 24.5 Å². The van der Waals surface area contributed by atoms with E-state index in [2.05, 4.69) is 10.2 Å². The molecule has 1 unspecified atom stereocenters. The van der Waals surface area contributed by atoms with Gasteiger partial charge >= 0.3 is 0 Å². The molecule has 2 aromatic heterocycles. The smallest absolute Gasteiger partial charge is 0.254 e. The summed E-state index contributed by atoms with van der Waals surface area (Å²) in [6.07, 6.45) is 8.88. The maximum absolute atomic E-state index is 13.2. The summed E-state index contributed by atoms with van der Waals surface area (Å²) in [6.45, 7) is 3.51. The Hall–Kier alpha value is -2.89. The lowest BCUT2D eigenvalue weighted by Gasteiger charge is -2.36. The van der Waals surface area contributed by atoms with Crippen LogP contribution in [0, 0.1) is 6.92 Å². The Kier molecular flexibility index (Phi) is 4.56. The van der Waals surface area contributed by atoms with Gasteiger partial charge in [0, 0.05) is 30.7 Å². The van der Waals surface area contributed by atoms with E-state index in [4.69, 9.17) is 0 Å². The minimum absolute atomic E-state index is 0.0904. The third-order valence-electron chi connectivity index (χ3n) is 4.93. The number of hydrogen-bond acceptors (Lipinski definition) is 3. The van der Waals surface area contributed by atoms with Crippen molar-refractivity contribution >= 4 is 5.91 Å². The van der Waals surface area contributed by atoms with Gasteiger partial charge in [-0.25, -0.2) is 4.68 Å². The number of amides is 1. The molecule has 0 bridgehead atoms. The number of nitrogens with zero attached hydrogens (tertiary/aromatic N) is 5. The first kappa shape index (κ1) is 16.6. The number of likely N-dealkylation sites (tertiary alicyclic amines) is 1. The SMILES string of the molecule is Cc1ccn(-c2cccc(C(=O)N3CCCCC3Cn3cccn3)c2)n1. The highest BCUT2D eigenvalue weighted by Crippen LogP contribution is 2.22. The second kappa shape index (κ2) is 7.15. The zero-order valence-electron chi connectivity index (χ0n) is 15.0. The van der Waals surface area contributed by atoms with Gasteiger partial charge in [0.05, 0.1) is 24.0 Å². The van der Waals surface area contributed by atoms with Crippen molar-refractivity contribution < 1.29 is 4.79 Å². The second-order valence-electron chi connectivity index (χ2n) is 6.83. The molecule has 0 radical (unpaired) electrons. The van der Waals surface area contributed by atoms with Crippen LogP contribution in [-0.4, -0.2) is 43.0 Å². The molecular weight excluding hydrogens is 326 g/mol. The van der Waals surface area contributed by atoms with E-state index in [1.54, 1.807) is 6.20 Å². The number of aromatic nitrogens is 4. The summed E-state index contributed by atoms with van der Waals surface area (Å²) in [5.74, 6) is 0.0904. The minimum atomic E-state index is 0.0904. The van der Waals surface area contributed by atoms with Crippen molar-refractivity contribution in [2.75, 3.05) is 6.54 Å². The molecule has 4 rings (SSSR count). The van der Waals surface area contributed by atoms with Crippen molar-refractivity contribution in [1.29, 1.82) is 0 Å². The van der Waals surface area contributed by atoms with Crippen LogP contribution in [0.25, 0.3) is 5.69 Å². The highest BCUT2D eigenvalue weighted by molar-refractivity contribution is 5.95. The van der Waals surface area contributed by atoms with Gasteiger partial charge in [0.15, 0.2) is 0 Å². The van der Waals surface area contributed by atoms with Gasteiger partial charge in [0.1, 0.15) is 0 Å². The molecule has 3 heterocycles. The number of hydrogen-bond donors (Lipinski definition) is 0. The van der Waals surface area contributed by atoms with Gasteiger partial charge in [-0.2, -0.15) is 10.2 Å². The predicted octanol–water partition coefficient (Wildman–Crippen LogP) is 3.07. The van der Waals surface area contributed by atoms with E-state index < -0.39 is 0 Å². The van der Waals surface area contributed by atoms with Crippen LogP contribution in [0.3, 0.4) is 0 Å². The molecule has 0 saturated carbocycles. The lowest BCUT2D eigenvalue weighted by molar-refractivity contribution is 0.0584. The molecule has 1 fully saturated rings. The maximum Gasteiger partial charge on any atom is 0.254 e. The number of benzene rings is 1. The molecule has 0 spiro atoms. The average Bonchev–Trinajstić information content (AvgIpc) is 3.33. The van der Waals surface area contributed by atoms with Crippen LogP contribution < -0.4 is 0 Å². The standard InChI is InChI=1S/C20H23N5O/c1-16-9-13-25(22-16)18-8-4-6-17(14-18)20(26)24-12-3-2-7-19(24)15-23-11-5-10-21-23/h4-6,8-11,13-14,19H,2-3,7,12,15H2,1H3. The summed E-state index contributed by atoms with van der Waals surface area (Å²) in [4.78, 5) is 15.2. The average molecular weight is 349 g/mol. The molecule has 134 valence electrons. The fourth-order valence-electron chi connectivity index (χ4n) is 3.59. The maximum atomic E-state index is 13.2. The topological polar surface area (TPSA) is 56.0 Å². The van der Waals surface area contributed by atoms with Gasteiger partial charge in [-0.15, -0.1) is 0 Å². The number of carbonyl (C=O) groups excluding carboxylic acids is 1. The molecule has 1 aromatic carbocycles. The summed E-state index contributed by atoms with van der Waals surface area (Å²) in [5, 5.41) is 8.74. The van der Waals surface area contributed by atoms with Gasteiger partial charge in [-0.1, -0.05) is 6.07 Å². The molecule has 1 atom stereocenters. The van der Waals surface area contributed by atoms with Crippen LogP contribution in [0.1, 0.15) is 35.3 Å². The summed E-state index contributed by atoms with van der Waals surface area (Å²) in [7, 11) is 0. The molecule has 1 saturated heterocycles. The molecule has 26 heavy (non-hydrogen) atoms. The van der Waals surface area contributed by atoms with E-state index >= 15 is 0 Å². The number of rotatable bonds is 4. The zero-order valence-corrected chi connectivity index (χ0v) is 15.0. The van der Waals surface area contributed by atoms with Crippen LogP contribution in [0.2, 0.25) is 0 Å². The molecular formula is C20H23N5O. The van der Waals surface area contributed by atoms with E-state index in [-0.39, 0.29) is 11.9 Å². The number of aryl methyl sites for hydroxylation is 1. The quantitative estimate of drug-likeness (QED) is 0.727. The van der Waals surface area contributed by atoms with Gasteiger partial charge < -0.3 is 4.90 Å². The first-order valence-electron chi connectivity index (χ1n) is 9.12. The summed E-state index contributed by atoms with van der Waals surface area (Å²) < 4.78 is 3.72. The zero-order chi connectivity index (χ0) is 17.9. The highest BCUT2D eigenvalue weighted by atomic mass is 16.2. The van der Waals surface area contributed by atoms with Gasteiger partial charge in [-0.3, -0.25) is 9.48 Å². The Labute approximate surface area is 153 Å². The third kappa shape index (κ3) is 3.40. The van der Waals surface area contributed by atoms with E-state index in [1.165, 1.54) is 0 Å². The largest absolute Gasteiger partial charge is 0.334 e. The van der Waals surface area contributed by atoms with Crippen molar-refractivity contribution in [3.05, 3.63) is 66.2 Å². The van der Waals surface area contributed by atoms with E-state index in [1.807, 2.05) is 70.0 Å². The predicted molar refractivity (Wildman–Crippen MR) is 99.2 cm³/mol. The van der Waals surface area contributed by atoms with E-state index in [0.29, 0.717) is 5.56 Å². The molecule has 0 N–H and O–H groups in total. The Morgan fingerprint density at radius 2 is 2.12 bits per heavy atom. The number of carbonyl (C=O) groups is 1. The fourth-order valence-corrected chi connectivity index (χ4v) is 3.59. The molecule has 0 aliphatic carbocycles.